The van der Waals surface area contributed by atoms with Gasteiger partial charge in [0.1, 0.15) is 17.2 Å². The van der Waals surface area contributed by atoms with Crippen molar-refractivity contribution in [2.45, 2.75) is 0 Å². The molecule has 0 saturated heterocycles. The molecule has 1 heterocycles. The summed E-state index contributed by atoms with van der Waals surface area (Å²) in [6.45, 7) is 0. The van der Waals surface area contributed by atoms with E-state index in [1.807, 2.05) is 60.7 Å². The van der Waals surface area contributed by atoms with Crippen LogP contribution >= 0.6 is 0 Å². The smallest absolute Gasteiger partial charge is 0.131 e. The van der Waals surface area contributed by atoms with E-state index in [0.29, 0.717) is 22.5 Å². The molecule has 27 heavy (non-hydrogen) atoms. The van der Waals surface area contributed by atoms with Crippen molar-refractivity contribution in [3.05, 3.63) is 90.2 Å². The van der Waals surface area contributed by atoms with Crippen LogP contribution in [-0.2, 0) is 0 Å². The molecule has 0 fully saturated rings. The third-order valence-electron chi connectivity index (χ3n) is 4.22. The molecule has 4 rings (SSSR count). The van der Waals surface area contributed by atoms with E-state index in [9.17, 15) is 9.65 Å². The van der Waals surface area contributed by atoms with Crippen LogP contribution in [0.1, 0.15) is 5.56 Å². The Kier molecular flexibility index (Phi) is 4.38. The summed E-state index contributed by atoms with van der Waals surface area (Å²) < 4.78 is 14.8. The molecule has 0 N–H and O–H groups in total. The molecule has 0 bridgehead atoms. The zero-order valence-electron chi connectivity index (χ0n) is 14.2. The van der Waals surface area contributed by atoms with Gasteiger partial charge < -0.3 is 0 Å². The zero-order valence-corrected chi connectivity index (χ0v) is 14.2. The predicted molar refractivity (Wildman–Crippen MR) is 101 cm³/mol. The zero-order chi connectivity index (χ0) is 18.6. The molecule has 0 unspecified atom stereocenters. The number of hydrogen-bond donors (Lipinski definition) is 0. The van der Waals surface area contributed by atoms with Crippen LogP contribution in [0, 0.1) is 17.1 Å². The lowest BCUT2D eigenvalue weighted by Gasteiger charge is -2.13. The van der Waals surface area contributed by atoms with Crippen molar-refractivity contribution in [2.24, 2.45) is 0 Å². The Morgan fingerprint density at radius 2 is 1.30 bits per heavy atom. The summed E-state index contributed by atoms with van der Waals surface area (Å²) in [4.78, 5) is 0. The maximum absolute atomic E-state index is 14.8. The van der Waals surface area contributed by atoms with Gasteiger partial charge in [0.25, 0.3) is 0 Å². The quantitative estimate of drug-likeness (QED) is 0.527. The average Bonchev–Trinajstić information content (AvgIpc) is 2.75. The summed E-state index contributed by atoms with van der Waals surface area (Å²) in [6.07, 6.45) is 0. The van der Waals surface area contributed by atoms with E-state index in [4.69, 9.17) is 0 Å². The molecule has 5 heteroatoms. The number of aromatic nitrogens is 3. The minimum Gasteiger partial charge on any atom is -0.206 e. The second kappa shape index (κ2) is 7.14. The first-order chi connectivity index (χ1) is 13.3. The van der Waals surface area contributed by atoms with E-state index >= 15 is 0 Å². The maximum Gasteiger partial charge on any atom is 0.131 e. The van der Waals surface area contributed by atoms with Gasteiger partial charge >= 0.3 is 0 Å². The highest BCUT2D eigenvalue weighted by atomic mass is 19.1. The number of rotatable bonds is 3. The molecule has 3 aromatic carbocycles. The van der Waals surface area contributed by atoms with Crippen molar-refractivity contribution in [3.8, 4) is 39.7 Å². The van der Waals surface area contributed by atoms with Crippen molar-refractivity contribution in [2.75, 3.05) is 0 Å². The summed E-state index contributed by atoms with van der Waals surface area (Å²) in [7, 11) is 0. The van der Waals surface area contributed by atoms with Crippen molar-refractivity contribution in [1.29, 1.82) is 5.26 Å². The van der Waals surface area contributed by atoms with E-state index in [-0.39, 0.29) is 5.56 Å². The highest BCUT2D eigenvalue weighted by Crippen LogP contribution is 2.38. The first kappa shape index (κ1) is 16.6. The molecule has 0 aliphatic carbocycles. The van der Waals surface area contributed by atoms with E-state index < -0.39 is 5.82 Å². The molecule has 128 valence electrons. The Hall–Kier alpha value is -3.91. The molecule has 0 amide bonds. The molecule has 0 spiro atoms. The van der Waals surface area contributed by atoms with Gasteiger partial charge in [-0.3, -0.25) is 0 Å². The van der Waals surface area contributed by atoms with E-state index in [0.717, 1.165) is 11.1 Å². The third kappa shape index (κ3) is 3.16. The van der Waals surface area contributed by atoms with Crippen LogP contribution in [-0.4, -0.2) is 15.4 Å². The lowest BCUT2D eigenvalue weighted by atomic mass is 9.93. The summed E-state index contributed by atoms with van der Waals surface area (Å²) in [5.74, 6) is -0.446. The van der Waals surface area contributed by atoms with Crippen LogP contribution in [0.2, 0.25) is 0 Å². The van der Waals surface area contributed by atoms with Crippen molar-refractivity contribution >= 4 is 0 Å². The molecule has 4 aromatic rings. The van der Waals surface area contributed by atoms with Gasteiger partial charge in [0.15, 0.2) is 0 Å². The van der Waals surface area contributed by atoms with E-state index in [2.05, 4.69) is 21.5 Å². The van der Waals surface area contributed by atoms with Gasteiger partial charge in [0, 0.05) is 22.3 Å². The molecule has 0 saturated carbocycles. The van der Waals surface area contributed by atoms with Gasteiger partial charge in [0.2, 0.25) is 0 Å². The predicted octanol–water partition coefficient (Wildman–Crippen LogP) is 4.88. The summed E-state index contributed by atoms with van der Waals surface area (Å²) in [5.41, 5.74) is 3.76. The summed E-state index contributed by atoms with van der Waals surface area (Å²) in [6, 6.07) is 25.2. The maximum atomic E-state index is 14.8. The molecule has 0 radical (unpaired) electrons. The summed E-state index contributed by atoms with van der Waals surface area (Å²) >= 11 is 0. The van der Waals surface area contributed by atoms with Crippen LogP contribution in [0.15, 0.2) is 78.9 Å². The Morgan fingerprint density at radius 3 is 1.81 bits per heavy atom. The highest BCUT2D eigenvalue weighted by Gasteiger charge is 2.20. The second-order valence-corrected chi connectivity index (χ2v) is 5.90. The third-order valence-corrected chi connectivity index (χ3v) is 4.22. The molecule has 4 nitrogen and oxygen atoms in total. The monoisotopic (exact) mass is 352 g/mol. The number of benzene rings is 3. The molecule has 0 aliphatic rings. The molecule has 0 aliphatic heterocycles. The second-order valence-electron chi connectivity index (χ2n) is 5.90. The van der Waals surface area contributed by atoms with Crippen LogP contribution in [0.4, 0.5) is 4.39 Å². The van der Waals surface area contributed by atoms with Gasteiger partial charge in [-0.2, -0.15) is 5.26 Å². The first-order valence-corrected chi connectivity index (χ1v) is 8.32. The van der Waals surface area contributed by atoms with E-state index in [1.54, 1.807) is 0 Å². The van der Waals surface area contributed by atoms with Crippen LogP contribution in [0.25, 0.3) is 33.6 Å². The topological polar surface area (TPSA) is 62.5 Å². The lowest BCUT2D eigenvalue weighted by molar-refractivity contribution is 0.631. The first-order valence-electron chi connectivity index (χ1n) is 8.32. The SMILES string of the molecule is N#Cc1ccc(F)c(-c2c(-c3ccccc3)nnnc2-c2ccccc2)c1. The van der Waals surface area contributed by atoms with Crippen molar-refractivity contribution in [1.82, 2.24) is 15.4 Å². The fourth-order valence-corrected chi connectivity index (χ4v) is 2.96. The highest BCUT2D eigenvalue weighted by molar-refractivity contribution is 5.90. The largest absolute Gasteiger partial charge is 0.206 e. The van der Waals surface area contributed by atoms with E-state index in [1.165, 1.54) is 18.2 Å². The Labute approximate surface area is 155 Å². The number of nitrogens with zero attached hydrogens (tertiary/aromatic N) is 4. The van der Waals surface area contributed by atoms with Gasteiger partial charge in [-0.1, -0.05) is 60.7 Å². The minimum absolute atomic E-state index is 0.272. The van der Waals surface area contributed by atoms with Gasteiger partial charge in [0.05, 0.1) is 11.6 Å². The Balaban J connectivity index is 2.08. The molecule has 1 aromatic heterocycles. The number of halogens is 1. The van der Waals surface area contributed by atoms with Gasteiger partial charge in [-0.15, -0.1) is 10.2 Å². The number of nitriles is 1. The summed E-state index contributed by atoms with van der Waals surface area (Å²) in [5, 5.41) is 21.6. The molecular formula is C22H13FN4. The van der Waals surface area contributed by atoms with Crippen molar-refractivity contribution < 1.29 is 4.39 Å². The average molecular weight is 352 g/mol. The molecular weight excluding hydrogens is 339 g/mol. The standard InChI is InChI=1S/C22H13FN4/c23-19-12-11-15(14-24)13-18(19)20-21(16-7-3-1-4-8-16)25-27-26-22(20)17-9-5-2-6-10-17/h1-13H. The fraction of sp³-hybridized carbons (Fsp3) is 0. The van der Waals surface area contributed by atoms with Crippen molar-refractivity contribution in [3.63, 3.8) is 0 Å². The fourth-order valence-electron chi connectivity index (χ4n) is 2.96. The van der Waals surface area contributed by atoms with Gasteiger partial charge in [-0.25, -0.2) is 4.39 Å². The van der Waals surface area contributed by atoms with Gasteiger partial charge in [-0.05, 0) is 23.4 Å². The minimum atomic E-state index is -0.446. The Morgan fingerprint density at radius 1 is 0.741 bits per heavy atom. The van der Waals surface area contributed by atoms with Crippen LogP contribution in [0.3, 0.4) is 0 Å². The normalized spacial score (nSPS) is 10.4. The number of hydrogen-bond acceptors (Lipinski definition) is 4. The van der Waals surface area contributed by atoms with Crippen LogP contribution < -0.4 is 0 Å². The Bertz CT molecular complexity index is 1080. The van der Waals surface area contributed by atoms with Crippen LogP contribution in [0.5, 0.6) is 0 Å². The lowest BCUT2D eigenvalue weighted by Crippen LogP contribution is -2.01. The molecule has 0 atom stereocenters.